The Hall–Kier alpha value is -1.33. The molecular weight excluding hydrogens is 258 g/mol. The van der Waals surface area contributed by atoms with E-state index in [1.54, 1.807) is 0 Å². The van der Waals surface area contributed by atoms with Crippen LogP contribution < -0.4 is 4.74 Å². The summed E-state index contributed by atoms with van der Waals surface area (Å²) in [4.78, 5) is 10.4. The molecule has 1 heterocycles. The Kier molecular flexibility index (Phi) is 4.04. The van der Waals surface area contributed by atoms with Crippen molar-refractivity contribution in [2.24, 2.45) is 0 Å². The van der Waals surface area contributed by atoms with Crippen LogP contribution in [0.3, 0.4) is 0 Å². The number of hydrogen-bond acceptors (Lipinski definition) is 4. The molecule has 98 valence electrons. The molecule has 2 unspecified atom stereocenters. The third-order valence-electron chi connectivity index (χ3n) is 2.86. The molecule has 0 amide bonds. The van der Waals surface area contributed by atoms with Gasteiger partial charge in [-0.1, -0.05) is 11.6 Å². The van der Waals surface area contributed by atoms with Crippen LogP contribution in [-0.4, -0.2) is 23.7 Å². The van der Waals surface area contributed by atoms with Gasteiger partial charge in [0.05, 0.1) is 17.1 Å². The van der Waals surface area contributed by atoms with Gasteiger partial charge in [0.2, 0.25) is 0 Å². The van der Waals surface area contributed by atoms with Gasteiger partial charge in [0.15, 0.2) is 5.75 Å². The molecule has 2 rings (SSSR count). The highest BCUT2D eigenvalue weighted by Crippen LogP contribution is 2.30. The fourth-order valence-electron chi connectivity index (χ4n) is 1.94. The molecule has 0 aliphatic carbocycles. The SMILES string of the molecule is CC1CCC(COc2cc(Cl)ccc2[N+](=O)[O-])O1. The van der Waals surface area contributed by atoms with Crippen molar-refractivity contribution in [3.8, 4) is 5.75 Å². The summed E-state index contributed by atoms with van der Waals surface area (Å²) < 4.78 is 11.0. The number of nitro groups is 1. The number of ether oxygens (including phenoxy) is 2. The van der Waals surface area contributed by atoms with Crippen molar-refractivity contribution in [1.82, 2.24) is 0 Å². The highest BCUT2D eigenvalue weighted by atomic mass is 35.5. The first kappa shape index (κ1) is 13.1. The smallest absolute Gasteiger partial charge is 0.311 e. The summed E-state index contributed by atoms with van der Waals surface area (Å²) in [6, 6.07) is 4.27. The average molecular weight is 272 g/mol. The van der Waals surface area contributed by atoms with E-state index in [4.69, 9.17) is 21.1 Å². The molecule has 2 atom stereocenters. The second-order valence-electron chi connectivity index (χ2n) is 4.33. The minimum Gasteiger partial charge on any atom is -0.484 e. The molecule has 1 aromatic rings. The molecule has 0 saturated carbocycles. The van der Waals surface area contributed by atoms with Gasteiger partial charge in [-0.15, -0.1) is 0 Å². The van der Waals surface area contributed by atoms with E-state index in [0.29, 0.717) is 11.6 Å². The fourth-order valence-corrected chi connectivity index (χ4v) is 2.11. The average Bonchev–Trinajstić information content (AvgIpc) is 2.72. The number of nitrogens with zero attached hydrogens (tertiary/aromatic N) is 1. The summed E-state index contributed by atoms with van der Waals surface area (Å²) in [6.45, 7) is 2.31. The Labute approximate surface area is 110 Å². The van der Waals surface area contributed by atoms with Crippen LogP contribution in [0.2, 0.25) is 5.02 Å². The van der Waals surface area contributed by atoms with Crippen LogP contribution in [0.1, 0.15) is 19.8 Å². The van der Waals surface area contributed by atoms with Crippen LogP contribution >= 0.6 is 11.6 Å². The summed E-state index contributed by atoms with van der Waals surface area (Å²) in [5.74, 6) is 0.190. The first-order chi connectivity index (χ1) is 8.56. The molecule has 0 bridgehead atoms. The summed E-state index contributed by atoms with van der Waals surface area (Å²) in [7, 11) is 0. The minimum atomic E-state index is -0.482. The van der Waals surface area contributed by atoms with E-state index in [2.05, 4.69) is 0 Å². The van der Waals surface area contributed by atoms with Gasteiger partial charge >= 0.3 is 5.69 Å². The third-order valence-corrected chi connectivity index (χ3v) is 3.10. The number of hydrogen-bond donors (Lipinski definition) is 0. The standard InChI is InChI=1S/C12H14ClNO4/c1-8-2-4-10(18-8)7-17-12-6-9(13)3-5-11(12)14(15)16/h3,5-6,8,10H,2,4,7H2,1H3. The highest BCUT2D eigenvalue weighted by molar-refractivity contribution is 6.30. The van der Waals surface area contributed by atoms with Gasteiger partial charge in [0, 0.05) is 17.2 Å². The van der Waals surface area contributed by atoms with Crippen LogP contribution in [0.4, 0.5) is 5.69 Å². The summed E-state index contributed by atoms with van der Waals surface area (Å²) in [5, 5.41) is 11.2. The quantitative estimate of drug-likeness (QED) is 0.623. The van der Waals surface area contributed by atoms with Crippen molar-refractivity contribution >= 4 is 17.3 Å². The Morgan fingerprint density at radius 2 is 2.33 bits per heavy atom. The minimum absolute atomic E-state index is 0.00131. The number of halogens is 1. The number of nitro benzene ring substituents is 1. The maximum Gasteiger partial charge on any atom is 0.311 e. The van der Waals surface area contributed by atoms with E-state index in [9.17, 15) is 10.1 Å². The lowest BCUT2D eigenvalue weighted by atomic mass is 10.2. The summed E-state index contributed by atoms with van der Waals surface area (Å²) >= 11 is 5.81. The van der Waals surface area contributed by atoms with Crippen molar-refractivity contribution in [3.05, 3.63) is 33.3 Å². The van der Waals surface area contributed by atoms with Gasteiger partial charge in [0.1, 0.15) is 6.61 Å². The second kappa shape index (κ2) is 5.54. The molecule has 5 nitrogen and oxygen atoms in total. The first-order valence-electron chi connectivity index (χ1n) is 5.78. The molecule has 1 aliphatic rings. The van der Waals surface area contributed by atoms with Crippen molar-refractivity contribution in [1.29, 1.82) is 0 Å². The summed E-state index contributed by atoms with van der Waals surface area (Å²) in [6.07, 6.45) is 2.13. The van der Waals surface area contributed by atoms with Crippen LogP contribution in [0.25, 0.3) is 0 Å². The van der Waals surface area contributed by atoms with Crippen molar-refractivity contribution in [2.75, 3.05) is 6.61 Å². The van der Waals surface area contributed by atoms with Gasteiger partial charge in [-0.2, -0.15) is 0 Å². The topological polar surface area (TPSA) is 61.6 Å². The third kappa shape index (κ3) is 3.11. The zero-order chi connectivity index (χ0) is 13.1. The van der Waals surface area contributed by atoms with Gasteiger partial charge in [0.25, 0.3) is 0 Å². The molecule has 18 heavy (non-hydrogen) atoms. The Morgan fingerprint density at radius 1 is 1.56 bits per heavy atom. The molecule has 0 spiro atoms. The molecule has 1 fully saturated rings. The van der Waals surface area contributed by atoms with Crippen LogP contribution in [0, 0.1) is 10.1 Å². The second-order valence-corrected chi connectivity index (χ2v) is 4.76. The predicted molar refractivity (Wildman–Crippen MR) is 67.2 cm³/mol. The van der Waals surface area contributed by atoms with E-state index >= 15 is 0 Å². The predicted octanol–water partition coefficient (Wildman–Crippen LogP) is 3.19. The van der Waals surface area contributed by atoms with Crippen LogP contribution in [-0.2, 0) is 4.74 Å². The lowest BCUT2D eigenvalue weighted by Gasteiger charge is -2.12. The number of benzene rings is 1. The van der Waals surface area contributed by atoms with Crippen molar-refractivity contribution in [2.45, 2.75) is 32.0 Å². The Balaban J connectivity index is 2.04. The maximum atomic E-state index is 10.8. The molecule has 1 aliphatic heterocycles. The zero-order valence-corrected chi connectivity index (χ0v) is 10.7. The van der Waals surface area contributed by atoms with Crippen molar-refractivity contribution < 1.29 is 14.4 Å². The van der Waals surface area contributed by atoms with Gasteiger partial charge in [-0.3, -0.25) is 10.1 Å². The van der Waals surface area contributed by atoms with Gasteiger partial charge < -0.3 is 9.47 Å². The van der Waals surface area contributed by atoms with Crippen molar-refractivity contribution in [3.63, 3.8) is 0 Å². The van der Waals surface area contributed by atoms with E-state index in [0.717, 1.165) is 12.8 Å². The number of rotatable bonds is 4. The Morgan fingerprint density at radius 3 is 2.94 bits per heavy atom. The van der Waals surface area contributed by atoms with E-state index < -0.39 is 4.92 Å². The van der Waals surface area contributed by atoms with Gasteiger partial charge in [-0.25, -0.2) is 0 Å². The lowest BCUT2D eigenvalue weighted by Crippen LogP contribution is -2.18. The monoisotopic (exact) mass is 271 g/mol. The normalized spacial score (nSPS) is 23.0. The summed E-state index contributed by atoms with van der Waals surface area (Å²) in [5.41, 5.74) is -0.0783. The molecule has 1 aromatic carbocycles. The molecule has 0 radical (unpaired) electrons. The van der Waals surface area contributed by atoms with E-state index in [1.165, 1.54) is 18.2 Å². The zero-order valence-electron chi connectivity index (χ0n) is 9.97. The van der Waals surface area contributed by atoms with E-state index in [1.807, 2.05) is 6.92 Å². The lowest BCUT2D eigenvalue weighted by molar-refractivity contribution is -0.385. The fraction of sp³-hybridized carbons (Fsp3) is 0.500. The first-order valence-corrected chi connectivity index (χ1v) is 6.16. The molecule has 0 N–H and O–H groups in total. The van der Waals surface area contributed by atoms with Crippen LogP contribution in [0.15, 0.2) is 18.2 Å². The van der Waals surface area contributed by atoms with Crippen LogP contribution in [0.5, 0.6) is 5.75 Å². The maximum absolute atomic E-state index is 10.8. The Bertz CT molecular complexity index is 452. The van der Waals surface area contributed by atoms with E-state index in [-0.39, 0.29) is 23.6 Å². The largest absolute Gasteiger partial charge is 0.484 e. The molecule has 6 heteroatoms. The molecule has 0 aromatic heterocycles. The molecule has 1 saturated heterocycles. The van der Waals surface area contributed by atoms with Gasteiger partial charge in [-0.05, 0) is 25.8 Å². The molecular formula is C12H14ClNO4. The highest BCUT2D eigenvalue weighted by Gasteiger charge is 2.24.